The van der Waals surface area contributed by atoms with Gasteiger partial charge < -0.3 is 31.5 Å². The van der Waals surface area contributed by atoms with Gasteiger partial charge in [0.2, 0.25) is 11.8 Å². The number of aliphatic carboxylic acids is 2. The number of carboxylic acids is 2. The summed E-state index contributed by atoms with van der Waals surface area (Å²) < 4.78 is 0. The SMILES string of the molecule is NC(=O)C1C(O)(C(=O)O)CC(=O)NC1(O)C(=O)O. The Kier molecular flexibility index (Phi) is 3.02. The molecule has 1 heterocycles. The van der Waals surface area contributed by atoms with Gasteiger partial charge in [-0.2, -0.15) is 0 Å². The third-order valence-corrected chi connectivity index (χ3v) is 2.64. The van der Waals surface area contributed by atoms with Crippen molar-refractivity contribution in [2.24, 2.45) is 11.7 Å². The van der Waals surface area contributed by atoms with Crippen molar-refractivity contribution in [2.45, 2.75) is 17.7 Å². The summed E-state index contributed by atoms with van der Waals surface area (Å²) in [6, 6.07) is 0. The molecular weight excluding hydrogens is 252 g/mol. The lowest BCUT2D eigenvalue weighted by molar-refractivity contribution is -0.210. The largest absolute Gasteiger partial charge is 0.479 e. The zero-order valence-electron chi connectivity index (χ0n) is 8.78. The number of carboxylic acid groups (broad SMARTS) is 2. The van der Waals surface area contributed by atoms with E-state index in [0.29, 0.717) is 0 Å². The number of rotatable bonds is 3. The van der Waals surface area contributed by atoms with Gasteiger partial charge in [0.25, 0.3) is 5.72 Å². The Morgan fingerprint density at radius 3 is 2.06 bits per heavy atom. The number of carbonyl (C=O) groups excluding carboxylic acids is 2. The minimum absolute atomic E-state index is 1.11. The maximum atomic E-state index is 11.2. The van der Waals surface area contributed by atoms with E-state index in [1.54, 1.807) is 0 Å². The average Bonchev–Trinajstić information content (AvgIpc) is 2.14. The zero-order chi connectivity index (χ0) is 14.3. The van der Waals surface area contributed by atoms with Gasteiger partial charge >= 0.3 is 11.9 Å². The van der Waals surface area contributed by atoms with Gasteiger partial charge in [0.1, 0.15) is 5.92 Å². The van der Waals surface area contributed by atoms with E-state index in [-0.39, 0.29) is 0 Å². The van der Waals surface area contributed by atoms with Gasteiger partial charge in [0.15, 0.2) is 5.60 Å². The van der Waals surface area contributed by atoms with Crippen LogP contribution < -0.4 is 11.1 Å². The average molecular weight is 262 g/mol. The molecular formula is C8H10N2O8. The molecule has 0 aliphatic carbocycles. The number of nitrogens with two attached hydrogens (primary N) is 1. The Balaban J connectivity index is 3.45. The number of aliphatic hydroxyl groups is 2. The molecule has 0 aromatic rings. The number of primary amides is 1. The molecule has 1 aliphatic rings. The standard InChI is InChI=1S/C8H10N2O8/c9-4(12)3-7(17,5(13)14)1-2(11)10-8(3,18)6(15)16/h3,17-18H,1H2,(H2,9,12)(H,10,11)(H,13,14)(H,15,16). The molecule has 0 aromatic heterocycles. The van der Waals surface area contributed by atoms with Gasteiger partial charge in [-0.3, -0.25) is 9.59 Å². The molecule has 1 aliphatic heterocycles. The zero-order valence-corrected chi connectivity index (χ0v) is 8.78. The van der Waals surface area contributed by atoms with Crippen LogP contribution in [0.15, 0.2) is 0 Å². The molecule has 0 bridgehead atoms. The summed E-state index contributed by atoms with van der Waals surface area (Å²) in [4.78, 5) is 44.1. The summed E-state index contributed by atoms with van der Waals surface area (Å²) in [5.74, 6) is -9.41. The molecule has 10 heteroatoms. The monoisotopic (exact) mass is 262 g/mol. The number of hydrogen-bond donors (Lipinski definition) is 6. The van der Waals surface area contributed by atoms with E-state index in [4.69, 9.17) is 15.9 Å². The van der Waals surface area contributed by atoms with Crippen LogP contribution in [0.1, 0.15) is 6.42 Å². The van der Waals surface area contributed by atoms with Crippen LogP contribution in [0.3, 0.4) is 0 Å². The lowest BCUT2D eigenvalue weighted by Crippen LogP contribution is -2.75. The minimum atomic E-state index is -3.28. The minimum Gasteiger partial charge on any atom is -0.479 e. The first-order valence-electron chi connectivity index (χ1n) is 4.57. The predicted molar refractivity (Wildman–Crippen MR) is 50.6 cm³/mol. The Hall–Kier alpha value is -2.20. The summed E-state index contributed by atoms with van der Waals surface area (Å²) >= 11 is 0. The lowest BCUT2D eigenvalue weighted by Gasteiger charge is -2.42. The highest BCUT2D eigenvalue weighted by atomic mass is 16.4. The summed E-state index contributed by atoms with van der Waals surface area (Å²) in [6.07, 6.45) is -1.11. The van der Waals surface area contributed by atoms with Gasteiger partial charge in [-0.25, -0.2) is 9.59 Å². The fourth-order valence-electron chi connectivity index (χ4n) is 1.84. The Bertz CT molecular complexity index is 416. The molecule has 1 fully saturated rings. The molecule has 3 unspecified atom stereocenters. The number of piperidine rings is 1. The van der Waals surface area contributed by atoms with Gasteiger partial charge in [0, 0.05) is 0 Å². The second-order valence-corrected chi connectivity index (χ2v) is 3.86. The summed E-state index contributed by atoms with van der Waals surface area (Å²) in [5.41, 5.74) is -1.58. The van der Waals surface area contributed by atoms with Crippen molar-refractivity contribution in [1.29, 1.82) is 0 Å². The Labute approximate surface area is 99.0 Å². The molecule has 2 amide bonds. The maximum Gasteiger partial charge on any atom is 0.358 e. The molecule has 7 N–H and O–H groups in total. The van der Waals surface area contributed by atoms with E-state index in [9.17, 15) is 29.4 Å². The lowest BCUT2D eigenvalue weighted by atomic mass is 9.73. The molecule has 0 radical (unpaired) electrons. The van der Waals surface area contributed by atoms with Crippen LogP contribution in [0, 0.1) is 5.92 Å². The van der Waals surface area contributed by atoms with E-state index in [1.165, 1.54) is 5.32 Å². The second kappa shape index (κ2) is 3.92. The van der Waals surface area contributed by atoms with Crippen LogP contribution in [0.5, 0.6) is 0 Å². The van der Waals surface area contributed by atoms with Crippen molar-refractivity contribution >= 4 is 23.8 Å². The normalized spacial score (nSPS) is 35.7. The number of nitrogens with one attached hydrogen (secondary N) is 1. The van der Waals surface area contributed by atoms with Crippen molar-refractivity contribution in [3.8, 4) is 0 Å². The first-order chi connectivity index (χ1) is 8.05. The van der Waals surface area contributed by atoms with Crippen LogP contribution in [0.2, 0.25) is 0 Å². The molecule has 0 spiro atoms. The second-order valence-electron chi connectivity index (χ2n) is 3.86. The third-order valence-electron chi connectivity index (χ3n) is 2.64. The number of hydrogen-bond acceptors (Lipinski definition) is 6. The van der Waals surface area contributed by atoms with Crippen molar-refractivity contribution < 1.29 is 39.6 Å². The highest BCUT2D eigenvalue weighted by molar-refractivity contribution is 6.01. The van der Waals surface area contributed by atoms with Crippen LogP contribution >= 0.6 is 0 Å². The van der Waals surface area contributed by atoms with Crippen LogP contribution in [0.25, 0.3) is 0 Å². The summed E-state index contributed by atoms with van der Waals surface area (Å²) in [6.45, 7) is 0. The van der Waals surface area contributed by atoms with Crippen molar-refractivity contribution in [2.75, 3.05) is 0 Å². The molecule has 18 heavy (non-hydrogen) atoms. The van der Waals surface area contributed by atoms with E-state index in [2.05, 4.69) is 0 Å². The first-order valence-corrected chi connectivity index (χ1v) is 4.57. The van der Waals surface area contributed by atoms with E-state index in [1.807, 2.05) is 0 Å². The van der Waals surface area contributed by atoms with Gasteiger partial charge in [-0.1, -0.05) is 0 Å². The van der Waals surface area contributed by atoms with Crippen molar-refractivity contribution in [3.63, 3.8) is 0 Å². The van der Waals surface area contributed by atoms with Crippen molar-refractivity contribution in [1.82, 2.24) is 5.32 Å². The maximum absolute atomic E-state index is 11.2. The molecule has 0 aromatic carbocycles. The molecule has 100 valence electrons. The summed E-state index contributed by atoms with van der Waals surface area (Å²) in [5, 5.41) is 38.5. The molecule has 0 saturated carbocycles. The summed E-state index contributed by atoms with van der Waals surface area (Å²) in [7, 11) is 0. The molecule has 10 nitrogen and oxygen atoms in total. The van der Waals surface area contributed by atoms with E-state index < -0.39 is 47.4 Å². The number of carbonyl (C=O) groups is 4. The van der Waals surface area contributed by atoms with Gasteiger partial charge in [-0.05, 0) is 0 Å². The molecule has 1 rings (SSSR count). The fourth-order valence-corrected chi connectivity index (χ4v) is 1.84. The quantitative estimate of drug-likeness (QED) is 0.298. The van der Waals surface area contributed by atoms with Gasteiger partial charge in [0.05, 0.1) is 6.42 Å². The van der Waals surface area contributed by atoms with Crippen LogP contribution in [0.4, 0.5) is 0 Å². The third kappa shape index (κ3) is 1.76. The predicted octanol–water partition coefficient (Wildman–Crippen LogP) is -3.80. The molecule has 3 atom stereocenters. The highest BCUT2D eigenvalue weighted by Crippen LogP contribution is 2.34. The highest BCUT2D eigenvalue weighted by Gasteiger charge is 2.66. The van der Waals surface area contributed by atoms with Gasteiger partial charge in [-0.15, -0.1) is 0 Å². The van der Waals surface area contributed by atoms with Crippen LogP contribution in [-0.4, -0.2) is 55.5 Å². The van der Waals surface area contributed by atoms with E-state index in [0.717, 1.165) is 0 Å². The Morgan fingerprint density at radius 1 is 1.22 bits per heavy atom. The fraction of sp³-hybridized carbons (Fsp3) is 0.500. The van der Waals surface area contributed by atoms with E-state index >= 15 is 0 Å². The molecule has 1 saturated heterocycles. The van der Waals surface area contributed by atoms with Crippen LogP contribution in [-0.2, 0) is 19.2 Å². The Morgan fingerprint density at radius 2 is 1.72 bits per heavy atom. The number of amides is 2. The smallest absolute Gasteiger partial charge is 0.358 e. The topological polar surface area (TPSA) is 187 Å². The van der Waals surface area contributed by atoms with Crippen molar-refractivity contribution in [3.05, 3.63) is 0 Å². The first kappa shape index (κ1) is 13.9.